The van der Waals surface area contributed by atoms with Crippen molar-refractivity contribution in [3.8, 4) is 0 Å². The lowest BCUT2D eigenvalue weighted by Crippen LogP contribution is -2.18. The van der Waals surface area contributed by atoms with Crippen LogP contribution in [0.3, 0.4) is 0 Å². The van der Waals surface area contributed by atoms with Crippen LogP contribution in [0, 0.1) is 6.92 Å². The molecule has 1 aromatic rings. The van der Waals surface area contributed by atoms with E-state index < -0.39 is 0 Å². The molecule has 1 unspecified atom stereocenters. The third kappa shape index (κ3) is 1.44. The van der Waals surface area contributed by atoms with Crippen molar-refractivity contribution in [3.63, 3.8) is 0 Å². The third-order valence-corrected chi connectivity index (χ3v) is 3.21. The first-order valence-corrected chi connectivity index (χ1v) is 5.15. The van der Waals surface area contributed by atoms with E-state index in [1.807, 2.05) is 11.8 Å². The van der Waals surface area contributed by atoms with Crippen molar-refractivity contribution in [2.45, 2.75) is 24.0 Å². The average molecular weight is 179 g/mol. The summed E-state index contributed by atoms with van der Waals surface area (Å²) in [6, 6.07) is 6.58. The first-order chi connectivity index (χ1) is 5.75. The summed E-state index contributed by atoms with van der Waals surface area (Å²) in [5, 5.41) is 4.11. The molecule has 0 aliphatic carbocycles. The molecule has 0 aromatic heterocycles. The Kier molecular flexibility index (Phi) is 2.01. The molecule has 0 bridgehead atoms. The second-order valence-electron chi connectivity index (χ2n) is 3.31. The maximum atomic E-state index is 3.42. The van der Waals surface area contributed by atoms with E-state index in [1.165, 1.54) is 16.1 Å². The zero-order chi connectivity index (χ0) is 8.55. The number of aryl methyl sites for hydroxylation is 1. The topological polar surface area (TPSA) is 12.0 Å². The summed E-state index contributed by atoms with van der Waals surface area (Å²) in [6.45, 7) is 5.48. The predicted molar refractivity (Wildman–Crippen MR) is 55.0 cm³/mol. The van der Waals surface area contributed by atoms with Crippen molar-refractivity contribution in [2.24, 2.45) is 0 Å². The maximum Gasteiger partial charge on any atom is 0.0479 e. The molecule has 12 heavy (non-hydrogen) atoms. The molecule has 1 aromatic carbocycles. The van der Waals surface area contributed by atoms with Gasteiger partial charge in [-0.25, -0.2) is 0 Å². The smallest absolute Gasteiger partial charge is 0.0479 e. The van der Waals surface area contributed by atoms with Gasteiger partial charge >= 0.3 is 0 Å². The van der Waals surface area contributed by atoms with Gasteiger partial charge < -0.3 is 5.32 Å². The largest absolute Gasteiger partial charge is 0.383 e. The highest BCUT2D eigenvalue weighted by Gasteiger charge is 2.14. The van der Waals surface area contributed by atoms with Crippen LogP contribution in [0.2, 0.25) is 0 Å². The molecular formula is C10H13NS. The van der Waals surface area contributed by atoms with E-state index in [1.54, 1.807) is 0 Å². The lowest BCUT2D eigenvalue weighted by atomic mass is 10.2. The van der Waals surface area contributed by atoms with Crippen molar-refractivity contribution in [2.75, 3.05) is 11.9 Å². The fourth-order valence-electron chi connectivity index (χ4n) is 1.39. The molecule has 0 radical (unpaired) electrons. The van der Waals surface area contributed by atoms with Gasteiger partial charge in [-0.05, 0) is 24.6 Å². The highest BCUT2D eigenvalue weighted by atomic mass is 32.2. The van der Waals surface area contributed by atoms with E-state index in [0.29, 0.717) is 5.25 Å². The van der Waals surface area contributed by atoms with Gasteiger partial charge in [-0.2, -0.15) is 0 Å². The van der Waals surface area contributed by atoms with Crippen molar-refractivity contribution in [1.29, 1.82) is 0 Å². The van der Waals surface area contributed by atoms with Gasteiger partial charge in [0.05, 0.1) is 0 Å². The first-order valence-electron chi connectivity index (χ1n) is 4.27. The monoisotopic (exact) mass is 179 g/mol. The number of benzene rings is 1. The molecule has 0 amide bonds. The van der Waals surface area contributed by atoms with E-state index in [4.69, 9.17) is 0 Å². The Labute approximate surface area is 77.6 Å². The highest BCUT2D eigenvalue weighted by molar-refractivity contribution is 8.00. The van der Waals surface area contributed by atoms with Crippen LogP contribution in [0.25, 0.3) is 0 Å². The van der Waals surface area contributed by atoms with Gasteiger partial charge in [0, 0.05) is 22.4 Å². The standard InChI is InChI=1S/C10H13NS/c1-7-3-4-9-10(5-7)12-8(2)6-11-9/h3-5,8,11H,6H2,1-2H3. The lowest BCUT2D eigenvalue weighted by Gasteiger charge is -2.22. The number of fused-ring (bicyclic) bond motifs is 1. The molecule has 1 aliphatic heterocycles. The number of nitrogens with one attached hydrogen (secondary N) is 1. The summed E-state index contributed by atoms with van der Waals surface area (Å²) in [5.74, 6) is 0. The normalized spacial score (nSPS) is 21.3. The van der Waals surface area contributed by atoms with Crippen molar-refractivity contribution in [1.82, 2.24) is 0 Å². The molecule has 1 heterocycles. The first kappa shape index (κ1) is 7.99. The van der Waals surface area contributed by atoms with E-state index in [0.717, 1.165) is 6.54 Å². The minimum absolute atomic E-state index is 0.694. The zero-order valence-corrected chi connectivity index (χ0v) is 8.24. The maximum absolute atomic E-state index is 3.42. The van der Waals surface area contributed by atoms with Gasteiger partial charge in [0.25, 0.3) is 0 Å². The molecule has 64 valence electrons. The minimum atomic E-state index is 0.694. The van der Waals surface area contributed by atoms with Crippen LogP contribution in [0.5, 0.6) is 0 Å². The minimum Gasteiger partial charge on any atom is -0.383 e. The SMILES string of the molecule is Cc1ccc2c(c1)SC(C)CN2. The molecular weight excluding hydrogens is 166 g/mol. The van der Waals surface area contributed by atoms with Gasteiger partial charge in [0.1, 0.15) is 0 Å². The summed E-state index contributed by atoms with van der Waals surface area (Å²) in [4.78, 5) is 1.40. The van der Waals surface area contributed by atoms with Crippen LogP contribution in [-0.2, 0) is 0 Å². The average Bonchev–Trinajstić information content (AvgIpc) is 2.03. The Morgan fingerprint density at radius 3 is 3.17 bits per heavy atom. The molecule has 2 heteroatoms. The molecule has 2 rings (SSSR count). The summed E-state index contributed by atoms with van der Waals surface area (Å²) >= 11 is 1.96. The number of anilines is 1. The molecule has 1 atom stereocenters. The van der Waals surface area contributed by atoms with Gasteiger partial charge in [-0.3, -0.25) is 0 Å². The number of hydrogen-bond donors (Lipinski definition) is 1. The van der Waals surface area contributed by atoms with Gasteiger partial charge in [0.2, 0.25) is 0 Å². The summed E-state index contributed by atoms with van der Waals surface area (Å²) in [6.07, 6.45) is 0. The van der Waals surface area contributed by atoms with Gasteiger partial charge in [-0.15, -0.1) is 11.8 Å². The number of hydrogen-bond acceptors (Lipinski definition) is 2. The quantitative estimate of drug-likeness (QED) is 0.657. The number of rotatable bonds is 0. The fraction of sp³-hybridized carbons (Fsp3) is 0.400. The van der Waals surface area contributed by atoms with Crippen LogP contribution < -0.4 is 5.32 Å². The van der Waals surface area contributed by atoms with E-state index >= 15 is 0 Å². The second-order valence-corrected chi connectivity index (χ2v) is 4.79. The molecule has 1 aliphatic rings. The van der Waals surface area contributed by atoms with Crippen LogP contribution in [-0.4, -0.2) is 11.8 Å². The molecule has 0 saturated heterocycles. The van der Waals surface area contributed by atoms with Gasteiger partial charge in [-0.1, -0.05) is 13.0 Å². The Hall–Kier alpha value is -0.630. The zero-order valence-electron chi connectivity index (χ0n) is 7.42. The molecule has 1 nitrogen and oxygen atoms in total. The Balaban J connectivity index is 2.37. The predicted octanol–water partition coefficient (Wildman–Crippen LogP) is 2.90. The Morgan fingerprint density at radius 1 is 1.50 bits per heavy atom. The second kappa shape index (κ2) is 3.02. The summed E-state index contributed by atoms with van der Waals surface area (Å²) in [7, 11) is 0. The summed E-state index contributed by atoms with van der Waals surface area (Å²) in [5.41, 5.74) is 2.64. The molecule has 1 N–H and O–H groups in total. The Morgan fingerprint density at radius 2 is 2.33 bits per heavy atom. The lowest BCUT2D eigenvalue weighted by molar-refractivity contribution is 0.973. The number of thioether (sulfide) groups is 1. The van der Waals surface area contributed by atoms with Gasteiger partial charge in [0.15, 0.2) is 0 Å². The van der Waals surface area contributed by atoms with Crippen LogP contribution in [0.1, 0.15) is 12.5 Å². The molecule has 0 saturated carbocycles. The van der Waals surface area contributed by atoms with E-state index in [9.17, 15) is 0 Å². The molecule has 0 fully saturated rings. The highest BCUT2D eigenvalue weighted by Crippen LogP contribution is 2.34. The van der Waals surface area contributed by atoms with E-state index in [2.05, 4.69) is 37.4 Å². The fourth-order valence-corrected chi connectivity index (χ4v) is 2.51. The van der Waals surface area contributed by atoms with Crippen molar-refractivity contribution >= 4 is 17.4 Å². The Bertz CT molecular complexity index is 296. The van der Waals surface area contributed by atoms with Crippen LogP contribution in [0.15, 0.2) is 23.1 Å². The van der Waals surface area contributed by atoms with Crippen LogP contribution >= 0.6 is 11.8 Å². The van der Waals surface area contributed by atoms with Crippen LogP contribution in [0.4, 0.5) is 5.69 Å². The third-order valence-electron chi connectivity index (χ3n) is 2.05. The summed E-state index contributed by atoms with van der Waals surface area (Å²) < 4.78 is 0. The van der Waals surface area contributed by atoms with Crippen molar-refractivity contribution < 1.29 is 0 Å². The molecule has 0 spiro atoms. The van der Waals surface area contributed by atoms with Crippen molar-refractivity contribution in [3.05, 3.63) is 23.8 Å². The van der Waals surface area contributed by atoms with E-state index in [-0.39, 0.29) is 0 Å².